The number of allylic oxidation sites excluding steroid dienone is 4. The van der Waals surface area contributed by atoms with Crippen molar-refractivity contribution in [3.05, 3.63) is 36.6 Å². The first kappa shape index (κ1) is 14.3. The summed E-state index contributed by atoms with van der Waals surface area (Å²) >= 11 is 0. The van der Waals surface area contributed by atoms with Crippen LogP contribution in [0.2, 0.25) is 0 Å². The van der Waals surface area contributed by atoms with Crippen LogP contribution in [0.3, 0.4) is 0 Å². The van der Waals surface area contributed by atoms with Gasteiger partial charge in [-0.15, -0.1) is 6.42 Å². The zero-order chi connectivity index (χ0) is 13.2. The second kappa shape index (κ2) is 8.36. The molecule has 0 N–H and O–H groups in total. The van der Waals surface area contributed by atoms with Crippen LogP contribution < -0.4 is 0 Å². The van der Waals surface area contributed by atoms with Gasteiger partial charge in [0.05, 0.1) is 6.61 Å². The summed E-state index contributed by atoms with van der Waals surface area (Å²) in [5.41, 5.74) is 0. The van der Waals surface area contributed by atoms with E-state index in [1.807, 2.05) is 18.2 Å². The lowest BCUT2D eigenvalue weighted by Gasteiger charge is -2.12. The minimum atomic E-state index is 0.120. The third-order valence-corrected chi connectivity index (χ3v) is 2.84. The molecule has 1 unspecified atom stereocenters. The number of ether oxygens (including phenoxy) is 1. The molecule has 0 saturated carbocycles. The smallest absolute Gasteiger partial charge is 0.155 e. The molecule has 0 amide bonds. The number of carbonyl (C=O) groups is 1. The summed E-state index contributed by atoms with van der Waals surface area (Å²) in [5.74, 6) is 3.93. The highest BCUT2D eigenvalue weighted by molar-refractivity contribution is 5.88. The summed E-state index contributed by atoms with van der Waals surface area (Å²) in [4.78, 5) is 11.0. The molecule has 1 aliphatic rings. The molecule has 0 aromatic carbocycles. The first-order valence-corrected chi connectivity index (χ1v) is 6.39. The maximum absolute atomic E-state index is 11.0. The van der Waals surface area contributed by atoms with Crippen LogP contribution in [0.1, 0.15) is 32.1 Å². The van der Waals surface area contributed by atoms with Crippen LogP contribution in [0.4, 0.5) is 0 Å². The van der Waals surface area contributed by atoms with E-state index >= 15 is 0 Å². The average molecular weight is 244 g/mol. The summed E-state index contributed by atoms with van der Waals surface area (Å²) in [6, 6.07) is 0. The normalized spacial score (nSPS) is 17.7. The van der Waals surface area contributed by atoms with Crippen LogP contribution in [-0.4, -0.2) is 12.4 Å². The first-order valence-electron chi connectivity index (χ1n) is 6.39. The third kappa shape index (κ3) is 5.54. The molecule has 0 aromatic heterocycles. The summed E-state index contributed by atoms with van der Waals surface area (Å²) in [7, 11) is 0. The van der Waals surface area contributed by atoms with Gasteiger partial charge in [-0.1, -0.05) is 18.6 Å². The molecule has 2 heteroatoms. The van der Waals surface area contributed by atoms with Crippen molar-refractivity contribution in [2.75, 3.05) is 6.61 Å². The van der Waals surface area contributed by atoms with E-state index in [0.29, 0.717) is 13.0 Å². The van der Waals surface area contributed by atoms with Crippen molar-refractivity contribution in [3.63, 3.8) is 0 Å². The third-order valence-electron chi connectivity index (χ3n) is 2.84. The zero-order valence-electron chi connectivity index (χ0n) is 10.7. The summed E-state index contributed by atoms with van der Waals surface area (Å²) in [6.07, 6.45) is 17.0. The lowest BCUT2D eigenvalue weighted by atomic mass is 10.0. The van der Waals surface area contributed by atoms with Crippen LogP contribution in [0, 0.1) is 18.3 Å². The Kier molecular flexibility index (Phi) is 6.64. The monoisotopic (exact) mass is 244 g/mol. The Hall–Kier alpha value is -1.75. The van der Waals surface area contributed by atoms with E-state index in [-0.39, 0.29) is 11.7 Å². The molecule has 0 fully saturated rings. The van der Waals surface area contributed by atoms with Gasteiger partial charge in [-0.25, -0.2) is 0 Å². The van der Waals surface area contributed by atoms with Gasteiger partial charge in [0, 0.05) is 12.3 Å². The van der Waals surface area contributed by atoms with Crippen LogP contribution in [0.25, 0.3) is 0 Å². The molecule has 1 aliphatic carbocycles. The molecule has 0 spiro atoms. The van der Waals surface area contributed by atoms with Crippen molar-refractivity contribution in [2.45, 2.75) is 32.1 Å². The van der Waals surface area contributed by atoms with Crippen molar-refractivity contribution in [3.8, 4) is 12.3 Å². The molecule has 0 heterocycles. The highest BCUT2D eigenvalue weighted by Crippen LogP contribution is 2.16. The van der Waals surface area contributed by atoms with Gasteiger partial charge in [0.15, 0.2) is 5.78 Å². The van der Waals surface area contributed by atoms with Crippen LogP contribution in [0.5, 0.6) is 0 Å². The van der Waals surface area contributed by atoms with Crippen molar-refractivity contribution in [1.29, 1.82) is 0 Å². The summed E-state index contributed by atoms with van der Waals surface area (Å²) in [5, 5.41) is 0. The van der Waals surface area contributed by atoms with E-state index in [0.717, 1.165) is 31.4 Å². The Bertz CT molecular complexity index is 382. The highest BCUT2D eigenvalue weighted by atomic mass is 16.5. The van der Waals surface area contributed by atoms with E-state index in [1.165, 1.54) is 6.08 Å². The second-order valence-corrected chi connectivity index (χ2v) is 4.30. The van der Waals surface area contributed by atoms with Gasteiger partial charge in [-0.3, -0.25) is 4.79 Å². The fourth-order valence-electron chi connectivity index (χ4n) is 1.70. The minimum Gasteiger partial charge on any atom is -0.494 e. The molecular formula is C16H20O2. The molecular weight excluding hydrogens is 224 g/mol. The van der Waals surface area contributed by atoms with Gasteiger partial charge in [0.1, 0.15) is 5.76 Å². The van der Waals surface area contributed by atoms with E-state index in [4.69, 9.17) is 11.2 Å². The predicted octanol–water partition coefficient (Wildman–Crippen LogP) is 3.41. The Morgan fingerprint density at radius 1 is 1.56 bits per heavy atom. The Morgan fingerprint density at radius 3 is 3.00 bits per heavy atom. The quantitative estimate of drug-likeness (QED) is 0.371. The number of rotatable bonds is 8. The molecule has 18 heavy (non-hydrogen) atoms. The Morgan fingerprint density at radius 2 is 2.39 bits per heavy atom. The van der Waals surface area contributed by atoms with Gasteiger partial charge in [-0.2, -0.15) is 0 Å². The van der Waals surface area contributed by atoms with Gasteiger partial charge in [0.25, 0.3) is 0 Å². The molecule has 0 saturated heterocycles. The second-order valence-electron chi connectivity index (χ2n) is 4.30. The van der Waals surface area contributed by atoms with Gasteiger partial charge < -0.3 is 4.74 Å². The van der Waals surface area contributed by atoms with E-state index in [1.54, 1.807) is 0 Å². The lowest BCUT2D eigenvalue weighted by molar-refractivity contribution is -0.114. The lowest BCUT2D eigenvalue weighted by Crippen LogP contribution is -2.01. The molecule has 1 atom stereocenters. The highest BCUT2D eigenvalue weighted by Gasteiger charge is 2.05. The molecule has 2 nitrogen and oxygen atoms in total. The fraction of sp³-hybridized carbons (Fsp3) is 0.438. The molecule has 0 aromatic rings. The summed E-state index contributed by atoms with van der Waals surface area (Å²) in [6.45, 7) is 4.14. The molecule has 0 aliphatic heterocycles. The standard InChI is InChI=1S/C16H20O2/c1-3-14-9-11-16(12-10-14)18-13-7-5-6-8-15(17)4-2/h1,4,9,11-12,14H,2,5-8,10,13H2. The van der Waals surface area contributed by atoms with Crippen molar-refractivity contribution in [1.82, 2.24) is 0 Å². The molecule has 1 rings (SSSR count). The van der Waals surface area contributed by atoms with Crippen LogP contribution in [0.15, 0.2) is 36.6 Å². The van der Waals surface area contributed by atoms with Gasteiger partial charge >= 0.3 is 0 Å². The van der Waals surface area contributed by atoms with Gasteiger partial charge in [0.2, 0.25) is 0 Å². The number of ketones is 1. The Balaban J connectivity index is 2.04. The number of carbonyl (C=O) groups excluding carboxylic acids is 1. The Labute approximate surface area is 109 Å². The molecule has 96 valence electrons. The molecule has 0 bridgehead atoms. The zero-order valence-corrected chi connectivity index (χ0v) is 10.7. The predicted molar refractivity (Wildman–Crippen MR) is 73.8 cm³/mol. The fourth-order valence-corrected chi connectivity index (χ4v) is 1.70. The molecule has 0 radical (unpaired) electrons. The number of hydrogen-bond acceptors (Lipinski definition) is 2. The topological polar surface area (TPSA) is 26.3 Å². The van der Waals surface area contributed by atoms with E-state index in [9.17, 15) is 4.79 Å². The number of unbranched alkanes of at least 4 members (excludes halogenated alkanes) is 2. The largest absolute Gasteiger partial charge is 0.494 e. The van der Waals surface area contributed by atoms with Crippen molar-refractivity contribution >= 4 is 5.78 Å². The maximum atomic E-state index is 11.0. The number of hydrogen-bond donors (Lipinski definition) is 0. The average Bonchev–Trinajstić information content (AvgIpc) is 2.43. The van der Waals surface area contributed by atoms with Crippen molar-refractivity contribution < 1.29 is 9.53 Å². The van der Waals surface area contributed by atoms with Crippen molar-refractivity contribution in [2.24, 2.45) is 5.92 Å². The maximum Gasteiger partial charge on any atom is 0.155 e. The summed E-state index contributed by atoms with van der Waals surface area (Å²) < 4.78 is 5.61. The first-order chi connectivity index (χ1) is 8.76. The van der Waals surface area contributed by atoms with Gasteiger partial charge in [-0.05, 0) is 43.9 Å². The van der Waals surface area contributed by atoms with E-state index < -0.39 is 0 Å². The minimum absolute atomic E-state index is 0.120. The van der Waals surface area contributed by atoms with Crippen LogP contribution in [-0.2, 0) is 9.53 Å². The number of terminal acetylenes is 1. The van der Waals surface area contributed by atoms with E-state index in [2.05, 4.69) is 12.5 Å². The van der Waals surface area contributed by atoms with Crippen LogP contribution >= 0.6 is 0 Å². The SMILES string of the molecule is C#CC1C=CC(OCCCCCC(=O)C=C)=CC1.